The van der Waals surface area contributed by atoms with Gasteiger partial charge >= 0.3 is 0 Å². The van der Waals surface area contributed by atoms with Gasteiger partial charge in [-0.25, -0.2) is 12.8 Å². The van der Waals surface area contributed by atoms with Crippen molar-refractivity contribution < 1.29 is 12.8 Å². The van der Waals surface area contributed by atoms with Crippen molar-refractivity contribution in [1.82, 2.24) is 0 Å². The fourth-order valence-electron chi connectivity index (χ4n) is 1.37. The van der Waals surface area contributed by atoms with Crippen molar-refractivity contribution in [2.45, 2.75) is 18.2 Å². The van der Waals surface area contributed by atoms with Gasteiger partial charge in [0.25, 0.3) is 0 Å². The summed E-state index contributed by atoms with van der Waals surface area (Å²) in [5.41, 5.74) is 0. The third-order valence-electron chi connectivity index (χ3n) is 2.42. The molecule has 0 heterocycles. The largest absolute Gasteiger partial charge is 0.224 e. The number of halogens is 2. The lowest BCUT2D eigenvalue weighted by Gasteiger charge is -2.12. The van der Waals surface area contributed by atoms with Crippen LogP contribution in [0.4, 0.5) is 4.39 Å². The Morgan fingerprint density at radius 3 is 2.50 bits per heavy atom. The summed E-state index contributed by atoms with van der Waals surface area (Å²) in [6.07, 6.45) is 0.749. The van der Waals surface area contributed by atoms with E-state index in [0.717, 1.165) is 6.42 Å². The van der Waals surface area contributed by atoms with Gasteiger partial charge in [-0.3, -0.25) is 0 Å². The maximum absolute atomic E-state index is 13.4. The molecule has 0 N–H and O–H groups in total. The summed E-state index contributed by atoms with van der Waals surface area (Å²) in [7, 11) is -3.52. The molecule has 5 heteroatoms. The van der Waals surface area contributed by atoms with Gasteiger partial charge < -0.3 is 0 Å². The van der Waals surface area contributed by atoms with E-state index in [1.54, 1.807) is 0 Å². The SMILES string of the molecule is CCC(CBr)CS(=O)(=O)c1ccccc1F. The van der Waals surface area contributed by atoms with Gasteiger partial charge in [-0.2, -0.15) is 0 Å². The van der Waals surface area contributed by atoms with Crippen molar-refractivity contribution in [3.8, 4) is 0 Å². The fourth-order valence-corrected chi connectivity index (χ4v) is 4.16. The van der Waals surface area contributed by atoms with Crippen LogP contribution in [0.5, 0.6) is 0 Å². The van der Waals surface area contributed by atoms with Crippen LogP contribution < -0.4 is 0 Å². The van der Waals surface area contributed by atoms with Gasteiger partial charge in [0, 0.05) is 5.33 Å². The standard InChI is InChI=1S/C11H14BrFO2S/c1-2-9(7-12)8-16(14,15)11-6-4-3-5-10(11)13/h3-6,9H,2,7-8H2,1H3. The molecule has 0 amide bonds. The Morgan fingerprint density at radius 2 is 2.00 bits per heavy atom. The van der Waals surface area contributed by atoms with Gasteiger partial charge in [-0.15, -0.1) is 0 Å². The Kier molecular flexibility index (Phi) is 4.92. The molecule has 0 saturated carbocycles. The smallest absolute Gasteiger partial charge is 0.181 e. The van der Waals surface area contributed by atoms with Gasteiger partial charge in [0.1, 0.15) is 10.7 Å². The first-order chi connectivity index (χ1) is 7.51. The third kappa shape index (κ3) is 3.28. The zero-order valence-electron chi connectivity index (χ0n) is 8.99. The normalized spacial score (nSPS) is 13.7. The van der Waals surface area contributed by atoms with E-state index < -0.39 is 15.7 Å². The summed E-state index contributed by atoms with van der Waals surface area (Å²) < 4.78 is 37.2. The molecule has 1 aromatic carbocycles. The maximum atomic E-state index is 13.4. The zero-order valence-corrected chi connectivity index (χ0v) is 11.4. The summed E-state index contributed by atoms with van der Waals surface area (Å²) in [6.45, 7) is 1.92. The molecule has 1 atom stereocenters. The first kappa shape index (κ1) is 13.6. The van der Waals surface area contributed by atoms with E-state index in [2.05, 4.69) is 15.9 Å². The highest BCUT2D eigenvalue weighted by molar-refractivity contribution is 9.09. The average molecular weight is 309 g/mol. The molecule has 2 nitrogen and oxygen atoms in total. The molecule has 0 radical (unpaired) electrons. The molecule has 1 rings (SSSR count). The number of rotatable bonds is 5. The van der Waals surface area contributed by atoms with Crippen molar-refractivity contribution in [3.63, 3.8) is 0 Å². The number of hydrogen-bond donors (Lipinski definition) is 0. The Labute approximate surface area is 104 Å². The highest BCUT2D eigenvalue weighted by atomic mass is 79.9. The number of alkyl halides is 1. The van der Waals surface area contributed by atoms with Crippen LogP contribution in [0, 0.1) is 11.7 Å². The van der Waals surface area contributed by atoms with E-state index in [4.69, 9.17) is 0 Å². The molecule has 0 aliphatic rings. The molecule has 0 aliphatic carbocycles. The molecule has 0 aliphatic heterocycles. The molecular weight excluding hydrogens is 295 g/mol. The van der Waals surface area contributed by atoms with E-state index in [-0.39, 0.29) is 16.6 Å². The van der Waals surface area contributed by atoms with Gasteiger partial charge in [0.05, 0.1) is 5.75 Å². The van der Waals surface area contributed by atoms with Crippen molar-refractivity contribution >= 4 is 25.8 Å². The van der Waals surface area contributed by atoms with Crippen LogP contribution in [0.25, 0.3) is 0 Å². The Balaban J connectivity index is 2.99. The molecule has 1 aromatic rings. The van der Waals surface area contributed by atoms with E-state index >= 15 is 0 Å². The van der Waals surface area contributed by atoms with E-state index in [0.29, 0.717) is 5.33 Å². The van der Waals surface area contributed by atoms with Crippen LogP contribution in [-0.2, 0) is 9.84 Å². The van der Waals surface area contributed by atoms with Gasteiger partial charge in [-0.05, 0) is 18.1 Å². The summed E-state index contributed by atoms with van der Waals surface area (Å²) >= 11 is 3.26. The Morgan fingerprint density at radius 1 is 1.38 bits per heavy atom. The predicted octanol–water partition coefficient (Wildman–Crippen LogP) is 3.02. The lowest BCUT2D eigenvalue weighted by Crippen LogP contribution is -2.18. The highest BCUT2D eigenvalue weighted by Gasteiger charge is 2.22. The molecule has 0 aromatic heterocycles. The molecular formula is C11H14BrFO2S. The van der Waals surface area contributed by atoms with Crippen LogP contribution >= 0.6 is 15.9 Å². The second-order valence-corrected chi connectivity index (χ2v) is 6.29. The second-order valence-electron chi connectivity index (χ2n) is 3.64. The lowest BCUT2D eigenvalue weighted by atomic mass is 10.2. The molecule has 16 heavy (non-hydrogen) atoms. The molecule has 0 spiro atoms. The van der Waals surface area contributed by atoms with Gasteiger partial charge in [0.2, 0.25) is 0 Å². The monoisotopic (exact) mass is 308 g/mol. The first-order valence-corrected chi connectivity index (χ1v) is 7.82. The Bertz CT molecular complexity index is 441. The Hall–Kier alpha value is -0.420. The van der Waals surface area contributed by atoms with Crippen molar-refractivity contribution in [1.29, 1.82) is 0 Å². The number of sulfone groups is 1. The van der Waals surface area contributed by atoms with E-state index in [9.17, 15) is 12.8 Å². The highest BCUT2D eigenvalue weighted by Crippen LogP contribution is 2.19. The van der Waals surface area contributed by atoms with Crippen molar-refractivity contribution in [2.75, 3.05) is 11.1 Å². The van der Waals surface area contributed by atoms with E-state index in [1.807, 2.05) is 6.92 Å². The van der Waals surface area contributed by atoms with Crippen LogP contribution in [0.3, 0.4) is 0 Å². The summed E-state index contributed by atoms with van der Waals surface area (Å²) in [4.78, 5) is -0.200. The maximum Gasteiger partial charge on any atom is 0.181 e. The summed E-state index contributed by atoms with van der Waals surface area (Å²) in [6, 6.07) is 5.49. The van der Waals surface area contributed by atoms with Crippen LogP contribution in [0.15, 0.2) is 29.2 Å². The zero-order chi connectivity index (χ0) is 12.2. The van der Waals surface area contributed by atoms with Gasteiger partial charge in [0.15, 0.2) is 9.84 Å². The van der Waals surface area contributed by atoms with Crippen molar-refractivity contribution in [2.24, 2.45) is 5.92 Å². The van der Waals surface area contributed by atoms with Crippen LogP contribution in [0.1, 0.15) is 13.3 Å². The quantitative estimate of drug-likeness (QED) is 0.784. The molecule has 0 bridgehead atoms. The van der Waals surface area contributed by atoms with Crippen LogP contribution in [-0.4, -0.2) is 19.5 Å². The molecule has 0 saturated heterocycles. The molecule has 1 unspecified atom stereocenters. The third-order valence-corrected chi connectivity index (χ3v) is 5.25. The molecule has 0 fully saturated rings. The topological polar surface area (TPSA) is 34.1 Å². The lowest BCUT2D eigenvalue weighted by molar-refractivity contribution is 0.550. The molecule has 90 valence electrons. The minimum atomic E-state index is -3.52. The van der Waals surface area contributed by atoms with Crippen LogP contribution in [0.2, 0.25) is 0 Å². The number of hydrogen-bond acceptors (Lipinski definition) is 2. The minimum absolute atomic E-state index is 0.0182. The second kappa shape index (κ2) is 5.77. The first-order valence-electron chi connectivity index (χ1n) is 5.04. The number of benzene rings is 1. The predicted molar refractivity (Wildman–Crippen MR) is 66.0 cm³/mol. The summed E-state index contributed by atoms with van der Waals surface area (Å²) in [5, 5.41) is 0.608. The summed E-state index contributed by atoms with van der Waals surface area (Å²) in [5.74, 6) is -0.674. The van der Waals surface area contributed by atoms with Crippen molar-refractivity contribution in [3.05, 3.63) is 30.1 Å². The van der Waals surface area contributed by atoms with Gasteiger partial charge in [-0.1, -0.05) is 41.4 Å². The van der Waals surface area contributed by atoms with E-state index in [1.165, 1.54) is 24.3 Å². The fraction of sp³-hybridized carbons (Fsp3) is 0.455. The average Bonchev–Trinajstić information content (AvgIpc) is 2.26. The minimum Gasteiger partial charge on any atom is -0.224 e.